The SMILES string of the molecule is CC1CC2(CS1)C[C@H](N)c1ccc(Br)cc1O2. The molecule has 0 radical (unpaired) electrons. The van der Waals surface area contributed by atoms with E-state index in [1.165, 1.54) is 0 Å². The first kappa shape index (κ1) is 11.9. The number of halogens is 1. The largest absolute Gasteiger partial charge is 0.486 e. The van der Waals surface area contributed by atoms with Crippen molar-refractivity contribution < 1.29 is 4.74 Å². The number of ether oxygens (including phenoxy) is 1. The number of hydrogen-bond acceptors (Lipinski definition) is 3. The van der Waals surface area contributed by atoms with E-state index in [1.807, 2.05) is 23.9 Å². The Morgan fingerprint density at radius 1 is 1.47 bits per heavy atom. The molecule has 3 rings (SSSR count). The molecule has 2 aliphatic heterocycles. The van der Waals surface area contributed by atoms with Gasteiger partial charge in [0, 0.05) is 33.5 Å². The van der Waals surface area contributed by atoms with Crippen LogP contribution >= 0.6 is 27.7 Å². The van der Waals surface area contributed by atoms with Gasteiger partial charge in [0.15, 0.2) is 0 Å². The van der Waals surface area contributed by atoms with E-state index in [1.54, 1.807) is 0 Å². The summed E-state index contributed by atoms with van der Waals surface area (Å²) in [5.74, 6) is 2.03. The van der Waals surface area contributed by atoms with Gasteiger partial charge in [-0.1, -0.05) is 28.9 Å². The maximum Gasteiger partial charge on any atom is 0.126 e. The molecular weight excluding hydrogens is 298 g/mol. The standard InChI is InChI=1S/C13H16BrNOS/c1-8-5-13(7-17-8)6-11(15)10-3-2-9(14)4-12(10)16-13/h2-4,8,11H,5-7,15H2,1H3/t8?,11-,13?/m0/s1. The summed E-state index contributed by atoms with van der Waals surface area (Å²) >= 11 is 5.48. The molecule has 0 bridgehead atoms. The first-order valence-corrected chi connectivity index (χ1v) is 7.78. The quantitative estimate of drug-likeness (QED) is 0.796. The molecule has 2 unspecified atom stereocenters. The molecule has 92 valence electrons. The second-order valence-electron chi connectivity index (χ2n) is 5.10. The van der Waals surface area contributed by atoms with E-state index in [0.29, 0.717) is 5.25 Å². The van der Waals surface area contributed by atoms with Crippen LogP contribution in [0.1, 0.15) is 31.4 Å². The molecule has 2 N–H and O–H groups in total. The van der Waals surface area contributed by atoms with Gasteiger partial charge in [-0.2, -0.15) is 11.8 Å². The maximum absolute atomic E-state index is 6.29. The minimum atomic E-state index is -0.0305. The summed E-state index contributed by atoms with van der Waals surface area (Å²) in [6.07, 6.45) is 2.05. The van der Waals surface area contributed by atoms with E-state index < -0.39 is 0 Å². The van der Waals surface area contributed by atoms with Gasteiger partial charge in [0.2, 0.25) is 0 Å². The average molecular weight is 314 g/mol. The molecule has 1 fully saturated rings. The fourth-order valence-electron chi connectivity index (χ4n) is 2.84. The van der Waals surface area contributed by atoms with E-state index in [9.17, 15) is 0 Å². The highest BCUT2D eigenvalue weighted by atomic mass is 79.9. The molecule has 0 amide bonds. The van der Waals surface area contributed by atoms with E-state index in [2.05, 4.69) is 28.9 Å². The summed E-state index contributed by atoms with van der Waals surface area (Å²) in [6.45, 7) is 2.27. The minimum absolute atomic E-state index is 0.0305. The molecule has 1 aromatic carbocycles. The molecule has 1 saturated heterocycles. The molecule has 1 aromatic rings. The van der Waals surface area contributed by atoms with Gasteiger partial charge in [0.05, 0.1) is 0 Å². The fraction of sp³-hybridized carbons (Fsp3) is 0.538. The first-order chi connectivity index (χ1) is 8.08. The molecule has 2 nitrogen and oxygen atoms in total. The number of benzene rings is 1. The normalized spacial score (nSPS) is 35.7. The van der Waals surface area contributed by atoms with Crippen LogP contribution < -0.4 is 10.5 Å². The minimum Gasteiger partial charge on any atom is -0.486 e. The first-order valence-electron chi connectivity index (χ1n) is 5.94. The Morgan fingerprint density at radius 2 is 2.29 bits per heavy atom. The van der Waals surface area contributed by atoms with Crippen LogP contribution in [0.15, 0.2) is 22.7 Å². The van der Waals surface area contributed by atoms with Gasteiger partial charge in [-0.25, -0.2) is 0 Å². The molecule has 1 spiro atoms. The third-order valence-corrected chi connectivity index (χ3v) is 5.51. The zero-order chi connectivity index (χ0) is 12.0. The lowest BCUT2D eigenvalue weighted by molar-refractivity contribution is 0.0575. The Hall–Kier alpha value is -0.190. The topological polar surface area (TPSA) is 35.2 Å². The molecule has 3 atom stereocenters. The van der Waals surface area contributed by atoms with E-state index in [-0.39, 0.29) is 11.6 Å². The smallest absolute Gasteiger partial charge is 0.126 e. The van der Waals surface area contributed by atoms with Crippen molar-refractivity contribution in [3.8, 4) is 5.75 Å². The monoisotopic (exact) mass is 313 g/mol. The van der Waals surface area contributed by atoms with Gasteiger partial charge >= 0.3 is 0 Å². The van der Waals surface area contributed by atoms with Gasteiger partial charge in [-0.3, -0.25) is 0 Å². The Morgan fingerprint density at radius 3 is 3.00 bits per heavy atom. The van der Waals surface area contributed by atoms with Crippen LogP contribution in [0.4, 0.5) is 0 Å². The van der Waals surface area contributed by atoms with Gasteiger partial charge in [-0.15, -0.1) is 0 Å². The molecule has 0 aliphatic carbocycles. The highest BCUT2D eigenvalue weighted by molar-refractivity contribution is 9.10. The lowest BCUT2D eigenvalue weighted by atomic mass is 9.86. The van der Waals surface area contributed by atoms with Crippen LogP contribution in [-0.2, 0) is 0 Å². The van der Waals surface area contributed by atoms with Crippen LogP contribution in [0.5, 0.6) is 5.75 Å². The average Bonchev–Trinajstić information content (AvgIpc) is 2.58. The Balaban J connectivity index is 1.97. The zero-order valence-electron chi connectivity index (χ0n) is 9.78. The summed E-state index contributed by atoms with van der Waals surface area (Å²) in [7, 11) is 0. The Kier molecular flexibility index (Phi) is 2.92. The van der Waals surface area contributed by atoms with Gasteiger partial charge in [-0.05, 0) is 18.6 Å². The molecule has 0 aromatic heterocycles. The number of hydrogen-bond donors (Lipinski definition) is 1. The summed E-state index contributed by atoms with van der Waals surface area (Å²) < 4.78 is 7.33. The van der Waals surface area contributed by atoms with Gasteiger partial charge < -0.3 is 10.5 Å². The molecule has 17 heavy (non-hydrogen) atoms. The molecule has 4 heteroatoms. The van der Waals surface area contributed by atoms with Crippen LogP contribution in [0.3, 0.4) is 0 Å². The number of thioether (sulfide) groups is 1. The summed E-state index contributed by atoms with van der Waals surface area (Å²) in [6, 6.07) is 6.26. The summed E-state index contributed by atoms with van der Waals surface area (Å²) in [5, 5.41) is 0.677. The lowest BCUT2D eigenvalue weighted by Crippen LogP contribution is -2.43. The molecule has 2 aliphatic rings. The predicted molar refractivity (Wildman–Crippen MR) is 75.6 cm³/mol. The maximum atomic E-state index is 6.29. The van der Waals surface area contributed by atoms with Crippen LogP contribution in [-0.4, -0.2) is 16.6 Å². The van der Waals surface area contributed by atoms with E-state index >= 15 is 0 Å². The van der Waals surface area contributed by atoms with Gasteiger partial charge in [0.1, 0.15) is 11.4 Å². The number of fused-ring (bicyclic) bond motifs is 1. The van der Waals surface area contributed by atoms with Crippen molar-refractivity contribution in [3.63, 3.8) is 0 Å². The van der Waals surface area contributed by atoms with Crippen LogP contribution in [0.25, 0.3) is 0 Å². The third kappa shape index (κ3) is 2.11. The second kappa shape index (κ2) is 4.18. The predicted octanol–water partition coefficient (Wildman–Crippen LogP) is 3.50. The number of rotatable bonds is 0. The number of nitrogens with two attached hydrogens (primary N) is 1. The summed E-state index contributed by atoms with van der Waals surface area (Å²) in [4.78, 5) is 0. The van der Waals surface area contributed by atoms with Crippen molar-refractivity contribution in [2.24, 2.45) is 5.73 Å². The fourth-order valence-corrected chi connectivity index (χ4v) is 4.48. The molecule has 2 heterocycles. The zero-order valence-corrected chi connectivity index (χ0v) is 12.2. The lowest BCUT2D eigenvalue weighted by Gasteiger charge is -2.38. The van der Waals surface area contributed by atoms with E-state index in [0.717, 1.165) is 34.4 Å². The molecular formula is C13H16BrNOS. The Bertz CT molecular complexity index is 453. The van der Waals surface area contributed by atoms with Crippen molar-refractivity contribution in [1.82, 2.24) is 0 Å². The van der Waals surface area contributed by atoms with Crippen molar-refractivity contribution in [2.45, 2.75) is 36.7 Å². The van der Waals surface area contributed by atoms with Crippen molar-refractivity contribution in [1.29, 1.82) is 0 Å². The van der Waals surface area contributed by atoms with Crippen molar-refractivity contribution in [2.75, 3.05) is 5.75 Å². The van der Waals surface area contributed by atoms with Crippen LogP contribution in [0.2, 0.25) is 0 Å². The Labute approximate surface area is 114 Å². The third-order valence-electron chi connectivity index (χ3n) is 3.58. The molecule has 0 saturated carbocycles. The highest BCUT2D eigenvalue weighted by Gasteiger charge is 2.45. The second-order valence-corrected chi connectivity index (χ2v) is 7.45. The van der Waals surface area contributed by atoms with Crippen LogP contribution in [0, 0.1) is 0 Å². The van der Waals surface area contributed by atoms with Gasteiger partial charge in [0.25, 0.3) is 0 Å². The summed E-state index contributed by atoms with van der Waals surface area (Å²) in [5.41, 5.74) is 7.40. The van der Waals surface area contributed by atoms with Crippen molar-refractivity contribution in [3.05, 3.63) is 28.2 Å². The van der Waals surface area contributed by atoms with E-state index in [4.69, 9.17) is 10.5 Å². The highest BCUT2D eigenvalue weighted by Crippen LogP contribution is 2.47. The van der Waals surface area contributed by atoms with Crippen molar-refractivity contribution >= 4 is 27.7 Å².